The third-order valence-corrected chi connectivity index (χ3v) is 2.84. The van der Waals surface area contributed by atoms with Gasteiger partial charge in [-0.3, -0.25) is 4.79 Å². The molecular weight excluding hydrogens is 250 g/mol. The summed E-state index contributed by atoms with van der Waals surface area (Å²) in [7, 11) is 0. The SMILES string of the molecule is CC(=O)Nc1cc(C#CC(C)(C)C)sc1C(=O)O. The van der Waals surface area contributed by atoms with E-state index in [0.29, 0.717) is 10.6 Å². The van der Waals surface area contributed by atoms with Crippen LogP contribution in [0.3, 0.4) is 0 Å². The third-order valence-electron chi connectivity index (χ3n) is 1.80. The molecule has 0 radical (unpaired) electrons. The first-order valence-electron chi connectivity index (χ1n) is 5.37. The summed E-state index contributed by atoms with van der Waals surface area (Å²) in [5.74, 6) is 4.59. The minimum absolute atomic E-state index is 0.100. The van der Waals surface area contributed by atoms with Crippen molar-refractivity contribution in [3.8, 4) is 11.8 Å². The predicted octanol–water partition coefficient (Wildman–Crippen LogP) is 2.80. The molecular formula is C13H15NO3S. The molecule has 0 unspecified atom stereocenters. The van der Waals surface area contributed by atoms with Crippen LogP contribution in [0.25, 0.3) is 0 Å². The maximum Gasteiger partial charge on any atom is 0.348 e. The van der Waals surface area contributed by atoms with E-state index in [9.17, 15) is 9.59 Å². The lowest BCUT2D eigenvalue weighted by atomic mass is 9.98. The molecule has 0 aliphatic carbocycles. The van der Waals surface area contributed by atoms with Crippen LogP contribution in [-0.4, -0.2) is 17.0 Å². The van der Waals surface area contributed by atoms with E-state index in [2.05, 4.69) is 17.2 Å². The number of carbonyl (C=O) groups excluding carboxylic acids is 1. The smallest absolute Gasteiger partial charge is 0.348 e. The Balaban J connectivity index is 3.13. The molecule has 1 heterocycles. The van der Waals surface area contributed by atoms with Crippen molar-refractivity contribution >= 4 is 28.9 Å². The molecule has 0 fully saturated rings. The van der Waals surface area contributed by atoms with Gasteiger partial charge < -0.3 is 10.4 Å². The fraction of sp³-hybridized carbons (Fsp3) is 0.385. The van der Waals surface area contributed by atoms with Crippen molar-refractivity contribution < 1.29 is 14.7 Å². The lowest BCUT2D eigenvalue weighted by Crippen LogP contribution is -2.08. The van der Waals surface area contributed by atoms with Crippen LogP contribution in [0.1, 0.15) is 42.2 Å². The number of carboxylic acid groups (broad SMARTS) is 1. The molecule has 4 nitrogen and oxygen atoms in total. The maximum absolute atomic E-state index is 11.0. The first-order valence-corrected chi connectivity index (χ1v) is 6.18. The number of carboxylic acids is 1. The zero-order valence-electron chi connectivity index (χ0n) is 10.7. The molecule has 0 aromatic carbocycles. The summed E-state index contributed by atoms with van der Waals surface area (Å²) in [6, 6.07) is 1.59. The monoisotopic (exact) mass is 265 g/mol. The Labute approximate surface area is 110 Å². The predicted molar refractivity (Wildman–Crippen MR) is 71.9 cm³/mol. The number of nitrogens with one attached hydrogen (secondary N) is 1. The molecule has 0 bridgehead atoms. The molecule has 0 aliphatic rings. The summed E-state index contributed by atoms with van der Waals surface area (Å²) in [5.41, 5.74) is 0.153. The van der Waals surface area contributed by atoms with Gasteiger partial charge in [-0.1, -0.05) is 11.8 Å². The van der Waals surface area contributed by atoms with Gasteiger partial charge in [0.15, 0.2) is 0 Å². The number of thiophene rings is 1. The molecule has 2 N–H and O–H groups in total. The minimum atomic E-state index is -1.06. The number of rotatable bonds is 2. The van der Waals surface area contributed by atoms with Gasteiger partial charge in [-0.05, 0) is 26.8 Å². The average molecular weight is 265 g/mol. The lowest BCUT2D eigenvalue weighted by molar-refractivity contribution is -0.114. The molecule has 1 amide bonds. The van der Waals surface area contributed by atoms with Gasteiger partial charge in [0.2, 0.25) is 5.91 Å². The highest BCUT2D eigenvalue weighted by Crippen LogP contribution is 2.27. The summed E-state index contributed by atoms with van der Waals surface area (Å²) < 4.78 is 0. The molecule has 96 valence electrons. The highest BCUT2D eigenvalue weighted by molar-refractivity contribution is 7.15. The zero-order chi connectivity index (χ0) is 13.9. The summed E-state index contributed by atoms with van der Waals surface area (Å²) in [6.07, 6.45) is 0. The average Bonchev–Trinajstić information content (AvgIpc) is 2.56. The highest BCUT2D eigenvalue weighted by Gasteiger charge is 2.15. The number of hydrogen-bond donors (Lipinski definition) is 2. The van der Waals surface area contributed by atoms with Gasteiger partial charge in [-0.25, -0.2) is 4.79 Å². The van der Waals surface area contributed by atoms with Crippen molar-refractivity contribution in [1.82, 2.24) is 0 Å². The fourth-order valence-electron chi connectivity index (χ4n) is 1.14. The van der Waals surface area contributed by atoms with Crippen molar-refractivity contribution in [3.05, 3.63) is 15.8 Å². The largest absolute Gasteiger partial charge is 0.477 e. The van der Waals surface area contributed by atoms with Gasteiger partial charge >= 0.3 is 5.97 Å². The van der Waals surface area contributed by atoms with E-state index >= 15 is 0 Å². The summed E-state index contributed by atoms with van der Waals surface area (Å²) >= 11 is 1.06. The van der Waals surface area contributed by atoms with Crippen LogP contribution in [0.4, 0.5) is 5.69 Å². The summed E-state index contributed by atoms with van der Waals surface area (Å²) in [4.78, 5) is 22.7. The number of anilines is 1. The van der Waals surface area contributed by atoms with Crippen molar-refractivity contribution in [2.75, 3.05) is 5.32 Å². The van der Waals surface area contributed by atoms with E-state index in [1.807, 2.05) is 20.8 Å². The van der Waals surface area contributed by atoms with Crippen LogP contribution in [0.2, 0.25) is 0 Å². The van der Waals surface area contributed by atoms with Crippen LogP contribution in [0.15, 0.2) is 6.07 Å². The number of hydrogen-bond acceptors (Lipinski definition) is 3. The van der Waals surface area contributed by atoms with Gasteiger partial charge in [-0.15, -0.1) is 11.3 Å². The highest BCUT2D eigenvalue weighted by atomic mass is 32.1. The Hall–Kier alpha value is -1.80. The topological polar surface area (TPSA) is 66.4 Å². The van der Waals surface area contributed by atoms with E-state index < -0.39 is 5.97 Å². The molecule has 1 rings (SSSR count). The molecule has 1 aromatic rings. The minimum Gasteiger partial charge on any atom is -0.477 e. The Morgan fingerprint density at radius 1 is 1.39 bits per heavy atom. The molecule has 0 atom stereocenters. The standard InChI is InChI=1S/C13H15NO3S/c1-8(15)14-10-7-9(5-6-13(2,3)4)18-11(10)12(16)17/h7H,1-4H3,(H,14,15)(H,16,17). The van der Waals surface area contributed by atoms with Crippen molar-refractivity contribution in [2.45, 2.75) is 27.7 Å². The molecule has 0 spiro atoms. The first-order chi connectivity index (χ1) is 8.19. The molecule has 0 saturated heterocycles. The first kappa shape index (κ1) is 14.3. The van der Waals surface area contributed by atoms with Crippen LogP contribution in [-0.2, 0) is 4.79 Å². The number of carbonyl (C=O) groups is 2. The second-order valence-electron chi connectivity index (χ2n) is 4.84. The van der Waals surface area contributed by atoms with Gasteiger partial charge in [0, 0.05) is 12.3 Å². The Morgan fingerprint density at radius 2 is 2.00 bits per heavy atom. The molecule has 1 aromatic heterocycles. The molecule has 0 saturated carbocycles. The van der Waals surface area contributed by atoms with Gasteiger partial charge in [0.25, 0.3) is 0 Å². The number of amides is 1. The van der Waals surface area contributed by atoms with E-state index in [0.717, 1.165) is 11.3 Å². The molecule has 5 heteroatoms. The van der Waals surface area contributed by atoms with E-state index in [1.165, 1.54) is 6.92 Å². The fourth-order valence-corrected chi connectivity index (χ4v) is 1.95. The van der Waals surface area contributed by atoms with Gasteiger partial charge in [0.05, 0.1) is 10.6 Å². The second-order valence-corrected chi connectivity index (χ2v) is 5.89. The van der Waals surface area contributed by atoms with Crippen molar-refractivity contribution in [2.24, 2.45) is 5.41 Å². The van der Waals surface area contributed by atoms with E-state index in [1.54, 1.807) is 6.07 Å². The zero-order valence-corrected chi connectivity index (χ0v) is 11.6. The lowest BCUT2D eigenvalue weighted by Gasteiger charge is -2.06. The van der Waals surface area contributed by atoms with Gasteiger partial charge in [-0.2, -0.15) is 0 Å². The van der Waals surface area contributed by atoms with Crippen LogP contribution < -0.4 is 5.32 Å². The Bertz CT molecular complexity index is 541. The van der Waals surface area contributed by atoms with E-state index in [-0.39, 0.29) is 16.2 Å². The van der Waals surface area contributed by atoms with E-state index in [4.69, 9.17) is 5.11 Å². The van der Waals surface area contributed by atoms with Gasteiger partial charge in [0.1, 0.15) is 4.88 Å². The second kappa shape index (κ2) is 5.23. The quantitative estimate of drug-likeness (QED) is 0.808. The molecule has 0 aliphatic heterocycles. The summed E-state index contributed by atoms with van der Waals surface area (Å²) in [5, 5.41) is 11.5. The van der Waals surface area contributed by atoms with Crippen LogP contribution in [0, 0.1) is 17.3 Å². The number of aromatic carboxylic acids is 1. The van der Waals surface area contributed by atoms with Crippen molar-refractivity contribution in [1.29, 1.82) is 0 Å². The third kappa shape index (κ3) is 4.22. The normalized spacial score (nSPS) is 10.4. The van der Waals surface area contributed by atoms with Crippen LogP contribution in [0.5, 0.6) is 0 Å². The molecule has 18 heavy (non-hydrogen) atoms. The van der Waals surface area contributed by atoms with Crippen LogP contribution >= 0.6 is 11.3 Å². The Morgan fingerprint density at radius 3 is 2.44 bits per heavy atom. The summed E-state index contributed by atoms with van der Waals surface area (Å²) in [6.45, 7) is 7.26. The maximum atomic E-state index is 11.0. The van der Waals surface area contributed by atoms with Crippen molar-refractivity contribution in [3.63, 3.8) is 0 Å². The Kier molecular flexibility index (Phi) is 4.15.